The molecular formula is C16H14Cl2N4S. The lowest BCUT2D eigenvalue weighted by atomic mass is 10.1. The van der Waals surface area contributed by atoms with Crippen molar-refractivity contribution >= 4 is 39.7 Å². The number of rotatable bonds is 4. The van der Waals surface area contributed by atoms with Crippen LogP contribution in [0.4, 0.5) is 5.13 Å². The molecule has 0 aliphatic heterocycles. The van der Waals surface area contributed by atoms with Crippen LogP contribution in [0.5, 0.6) is 0 Å². The van der Waals surface area contributed by atoms with Gasteiger partial charge in [0.25, 0.3) is 0 Å². The Labute approximate surface area is 148 Å². The zero-order valence-electron chi connectivity index (χ0n) is 12.4. The fraction of sp³-hybridized carbons (Fsp3) is 0.188. The van der Waals surface area contributed by atoms with Gasteiger partial charge >= 0.3 is 0 Å². The van der Waals surface area contributed by atoms with E-state index in [1.165, 1.54) is 11.3 Å². The van der Waals surface area contributed by atoms with Gasteiger partial charge in [0.15, 0.2) is 5.13 Å². The van der Waals surface area contributed by atoms with Crippen LogP contribution in [0.3, 0.4) is 0 Å². The molecule has 0 amide bonds. The molecule has 1 aromatic carbocycles. The monoisotopic (exact) mass is 364 g/mol. The average molecular weight is 365 g/mol. The number of aromatic nitrogens is 3. The number of thiazole rings is 1. The molecule has 3 aromatic rings. The highest BCUT2D eigenvalue weighted by atomic mass is 35.5. The Bertz CT molecular complexity index is 848. The van der Waals surface area contributed by atoms with Gasteiger partial charge < -0.3 is 5.73 Å². The maximum Gasteiger partial charge on any atom is 0.222 e. The van der Waals surface area contributed by atoms with Crippen molar-refractivity contribution in [2.75, 3.05) is 5.73 Å². The van der Waals surface area contributed by atoms with Crippen molar-refractivity contribution in [2.24, 2.45) is 0 Å². The second kappa shape index (κ2) is 6.83. The van der Waals surface area contributed by atoms with Gasteiger partial charge in [0.05, 0.1) is 5.69 Å². The van der Waals surface area contributed by atoms with Crippen molar-refractivity contribution in [1.82, 2.24) is 15.0 Å². The van der Waals surface area contributed by atoms with Gasteiger partial charge in [-0.05, 0) is 55.1 Å². The minimum absolute atomic E-state index is 0.264. The first-order valence-electron chi connectivity index (χ1n) is 7.02. The number of nitrogens with zero attached hydrogens (tertiary/aromatic N) is 3. The summed E-state index contributed by atoms with van der Waals surface area (Å²) < 4.78 is 0. The van der Waals surface area contributed by atoms with Crippen molar-refractivity contribution in [3.05, 3.63) is 56.9 Å². The highest BCUT2D eigenvalue weighted by Crippen LogP contribution is 2.32. The van der Waals surface area contributed by atoms with Gasteiger partial charge in [-0.25, -0.2) is 15.0 Å². The zero-order valence-corrected chi connectivity index (χ0v) is 14.7. The standard InChI is InChI=1S/C16H14Cl2N4S/c1-9-8-10(2-4-12(9)17)14-13(23-16(19)22-14)5-3-11-6-7-20-15(18)21-11/h2,4,6-8H,3,5H2,1H3,(H2,19,22). The summed E-state index contributed by atoms with van der Waals surface area (Å²) >= 11 is 13.4. The normalized spacial score (nSPS) is 10.9. The third-order valence-electron chi connectivity index (χ3n) is 3.44. The topological polar surface area (TPSA) is 64.7 Å². The van der Waals surface area contributed by atoms with Crippen LogP contribution in [0.1, 0.15) is 16.1 Å². The van der Waals surface area contributed by atoms with Gasteiger partial charge in [-0.3, -0.25) is 0 Å². The molecule has 7 heteroatoms. The minimum atomic E-state index is 0.264. The van der Waals surface area contributed by atoms with Crippen LogP contribution in [0.2, 0.25) is 10.3 Å². The van der Waals surface area contributed by atoms with Gasteiger partial charge in [-0.2, -0.15) is 0 Å². The first kappa shape index (κ1) is 16.2. The largest absolute Gasteiger partial charge is 0.375 e. The van der Waals surface area contributed by atoms with E-state index in [1.54, 1.807) is 6.20 Å². The Balaban J connectivity index is 1.87. The van der Waals surface area contributed by atoms with Crippen LogP contribution in [0.15, 0.2) is 30.5 Å². The summed E-state index contributed by atoms with van der Waals surface area (Å²) in [5, 5.41) is 1.57. The Hall–Kier alpha value is -1.69. The Morgan fingerprint density at radius 1 is 1.13 bits per heavy atom. The molecule has 3 rings (SSSR count). The SMILES string of the molecule is Cc1cc(-c2nc(N)sc2CCc2ccnc(Cl)n2)ccc1Cl. The van der Waals surface area contributed by atoms with E-state index >= 15 is 0 Å². The lowest BCUT2D eigenvalue weighted by Crippen LogP contribution is -1.96. The first-order valence-corrected chi connectivity index (χ1v) is 8.59. The predicted octanol–water partition coefficient (Wildman–Crippen LogP) is 4.58. The van der Waals surface area contributed by atoms with E-state index < -0.39 is 0 Å². The predicted molar refractivity (Wildman–Crippen MR) is 96.2 cm³/mol. The van der Waals surface area contributed by atoms with Crippen molar-refractivity contribution in [3.63, 3.8) is 0 Å². The number of hydrogen-bond acceptors (Lipinski definition) is 5. The molecule has 23 heavy (non-hydrogen) atoms. The number of nitrogen functional groups attached to an aromatic ring is 1. The van der Waals surface area contributed by atoms with Crippen molar-refractivity contribution in [2.45, 2.75) is 19.8 Å². The zero-order chi connectivity index (χ0) is 16.4. The number of halogens is 2. The van der Waals surface area contributed by atoms with Crippen LogP contribution in [-0.2, 0) is 12.8 Å². The number of hydrogen-bond donors (Lipinski definition) is 1. The molecule has 0 aliphatic rings. The van der Waals surface area contributed by atoms with Crippen LogP contribution >= 0.6 is 34.5 Å². The summed E-state index contributed by atoms with van der Waals surface area (Å²) in [4.78, 5) is 13.7. The molecule has 0 fully saturated rings. The van der Waals surface area contributed by atoms with Gasteiger partial charge in [-0.15, -0.1) is 11.3 Å². The van der Waals surface area contributed by atoms with E-state index in [2.05, 4.69) is 15.0 Å². The molecule has 0 saturated heterocycles. The summed E-state index contributed by atoms with van der Waals surface area (Å²) in [7, 11) is 0. The highest BCUT2D eigenvalue weighted by Gasteiger charge is 2.13. The lowest BCUT2D eigenvalue weighted by Gasteiger charge is -2.05. The smallest absolute Gasteiger partial charge is 0.222 e. The second-order valence-corrected chi connectivity index (χ2v) is 6.97. The summed E-state index contributed by atoms with van der Waals surface area (Å²) in [5.74, 6) is 0. The maximum absolute atomic E-state index is 6.10. The van der Waals surface area contributed by atoms with Crippen LogP contribution < -0.4 is 5.73 Å². The molecule has 0 spiro atoms. The van der Waals surface area contributed by atoms with Crippen molar-refractivity contribution < 1.29 is 0 Å². The molecule has 4 nitrogen and oxygen atoms in total. The number of nitrogens with two attached hydrogens (primary N) is 1. The van der Waals surface area contributed by atoms with Gasteiger partial charge in [0.2, 0.25) is 5.28 Å². The maximum atomic E-state index is 6.10. The number of aryl methyl sites for hydroxylation is 3. The summed E-state index contributed by atoms with van der Waals surface area (Å²) in [6.07, 6.45) is 3.21. The molecule has 2 N–H and O–H groups in total. The van der Waals surface area contributed by atoms with Crippen molar-refractivity contribution in [1.29, 1.82) is 0 Å². The molecule has 2 heterocycles. The third kappa shape index (κ3) is 3.80. The van der Waals surface area contributed by atoms with Crippen LogP contribution in [-0.4, -0.2) is 15.0 Å². The molecule has 0 unspecified atom stereocenters. The molecule has 2 aromatic heterocycles. The second-order valence-electron chi connectivity index (χ2n) is 5.10. The fourth-order valence-corrected chi connectivity index (χ4v) is 3.44. The van der Waals surface area contributed by atoms with E-state index in [0.29, 0.717) is 5.13 Å². The molecule has 0 aliphatic carbocycles. The molecular weight excluding hydrogens is 351 g/mol. The summed E-state index contributed by atoms with van der Waals surface area (Å²) in [6, 6.07) is 7.74. The number of benzene rings is 1. The molecule has 0 saturated carbocycles. The van der Waals surface area contributed by atoms with Gasteiger partial charge in [-0.1, -0.05) is 17.7 Å². The first-order chi connectivity index (χ1) is 11.0. The Morgan fingerprint density at radius 2 is 1.96 bits per heavy atom. The van der Waals surface area contributed by atoms with Crippen LogP contribution in [0.25, 0.3) is 11.3 Å². The summed E-state index contributed by atoms with van der Waals surface area (Å²) in [6.45, 7) is 1.98. The van der Waals surface area contributed by atoms with Crippen LogP contribution in [0, 0.1) is 6.92 Å². The van der Waals surface area contributed by atoms with E-state index in [-0.39, 0.29) is 5.28 Å². The van der Waals surface area contributed by atoms with Crippen molar-refractivity contribution in [3.8, 4) is 11.3 Å². The third-order valence-corrected chi connectivity index (χ3v) is 4.99. The molecule has 0 bridgehead atoms. The Kier molecular flexibility index (Phi) is 4.80. The van der Waals surface area contributed by atoms with E-state index in [4.69, 9.17) is 28.9 Å². The highest BCUT2D eigenvalue weighted by molar-refractivity contribution is 7.15. The van der Waals surface area contributed by atoms with E-state index in [0.717, 1.165) is 45.3 Å². The molecule has 118 valence electrons. The lowest BCUT2D eigenvalue weighted by molar-refractivity contribution is 0.912. The fourth-order valence-electron chi connectivity index (χ4n) is 2.31. The minimum Gasteiger partial charge on any atom is -0.375 e. The quantitative estimate of drug-likeness (QED) is 0.687. The van der Waals surface area contributed by atoms with Gasteiger partial charge in [0, 0.05) is 27.4 Å². The average Bonchev–Trinajstić information content (AvgIpc) is 2.89. The molecule has 0 radical (unpaired) electrons. The van der Waals surface area contributed by atoms with Gasteiger partial charge in [0.1, 0.15) is 0 Å². The summed E-state index contributed by atoms with van der Waals surface area (Å²) in [5.41, 5.74) is 9.76. The van der Waals surface area contributed by atoms with E-state index in [9.17, 15) is 0 Å². The molecule has 0 atom stereocenters. The Morgan fingerprint density at radius 3 is 2.70 bits per heavy atom. The number of anilines is 1. The van der Waals surface area contributed by atoms with E-state index in [1.807, 2.05) is 31.2 Å².